The summed E-state index contributed by atoms with van der Waals surface area (Å²) in [6.45, 7) is 3.91. The highest BCUT2D eigenvalue weighted by Gasteiger charge is 2.13. The second kappa shape index (κ2) is 5.56. The number of rotatable bonds is 4. The summed E-state index contributed by atoms with van der Waals surface area (Å²) in [6.07, 6.45) is 2.66. The third kappa shape index (κ3) is 2.81. The van der Waals surface area contributed by atoms with Crippen LogP contribution in [0.25, 0.3) is 0 Å². The van der Waals surface area contributed by atoms with Gasteiger partial charge in [-0.25, -0.2) is 15.0 Å². The quantitative estimate of drug-likeness (QED) is 0.913. The van der Waals surface area contributed by atoms with Gasteiger partial charge in [-0.2, -0.15) is 5.26 Å². The number of nitrogens with one attached hydrogen (secondary N) is 1. The van der Waals surface area contributed by atoms with Crippen LogP contribution in [0.2, 0.25) is 0 Å². The van der Waals surface area contributed by atoms with Crippen LogP contribution in [0.3, 0.4) is 0 Å². The zero-order valence-electron chi connectivity index (χ0n) is 10.2. The molecule has 0 aromatic carbocycles. The summed E-state index contributed by atoms with van der Waals surface area (Å²) in [5, 5.41) is 15.0. The molecule has 1 N–H and O–H groups in total. The summed E-state index contributed by atoms with van der Waals surface area (Å²) in [5.74, 6) is 0.480. The van der Waals surface area contributed by atoms with Gasteiger partial charge < -0.3 is 5.32 Å². The first-order chi connectivity index (χ1) is 8.72. The standard InChI is InChI=1S/C12H13N5S/c1-3-10(11-14-4-5-18-11)17-12-15-8(2)6-9(7-13)16-12/h4-6,10H,3H2,1-2H3,(H,15,16,17). The fourth-order valence-electron chi connectivity index (χ4n) is 1.59. The second-order valence-corrected chi connectivity index (χ2v) is 4.73. The smallest absolute Gasteiger partial charge is 0.224 e. The molecule has 92 valence electrons. The molecular formula is C12H13N5S. The van der Waals surface area contributed by atoms with Gasteiger partial charge in [-0.3, -0.25) is 0 Å². The molecule has 0 saturated carbocycles. The van der Waals surface area contributed by atoms with Crippen LogP contribution in [0.4, 0.5) is 5.95 Å². The highest BCUT2D eigenvalue weighted by Crippen LogP contribution is 2.22. The molecular weight excluding hydrogens is 246 g/mol. The van der Waals surface area contributed by atoms with Crippen LogP contribution < -0.4 is 5.32 Å². The van der Waals surface area contributed by atoms with Crippen molar-refractivity contribution in [2.45, 2.75) is 26.3 Å². The lowest BCUT2D eigenvalue weighted by molar-refractivity contribution is 0.730. The summed E-state index contributed by atoms with van der Waals surface area (Å²) in [6, 6.07) is 3.77. The molecule has 5 nitrogen and oxygen atoms in total. The van der Waals surface area contributed by atoms with Crippen molar-refractivity contribution in [2.24, 2.45) is 0 Å². The number of thiazole rings is 1. The lowest BCUT2D eigenvalue weighted by Gasteiger charge is -2.14. The highest BCUT2D eigenvalue weighted by atomic mass is 32.1. The number of nitriles is 1. The number of aromatic nitrogens is 3. The predicted molar refractivity (Wildman–Crippen MR) is 70.3 cm³/mol. The van der Waals surface area contributed by atoms with E-state index in [0.29, 0.717) is 11.6 Å². The van der Waals surface area contributed by atoms with Crippen LogP contribution in [-0.2, 0) is 0 Å². The molecule has 6 heteroatoms. The van der Waals surface area contributed by atoms with Gasteiger partial charge in [0.25, 0.3) is 0 Å². The fraction of sp³-hybridized carbons (Fsp3) is 0.333. The van der Waals surface area contributed by atoms with E-state index in [4.69, 9.17) is 5.26 Å². The van der Waals surface area contributed by atoms with Crippen molar-refractivity contribution in [3.05, 3.63) is 34.0 Å². The first-order valence-electron chi connectivity index (χ1n) is 5.64. The zero-order valence-corrected chi connectivity index (χ0v) is 11.0. The van der Waals surface area contributed by atoms with Gasteiger partial charge in [0.1, 0.15) is 16.8 Å². The molecule has 0 aliphatic carbocycles. The van der Waals surface area contributed by atoms with Crippen molar-refractivity contribution >= 4 is 17.3 Å². The topological polar surface area (TPSA) is 74.5 Å². The molecule has 1 atom stereocenters. The second-order valence-electron chi connectivity index (χ2n) is 3.81. The number of anilines is 1. The maximum absolute atomic E-state index is 8.88. The number of hydrogen-bond donors (Lipinski definition) is 1. The summed E-state index contributed by atoms with van der Waals surface area (Å²) in [7, 11) is 0. The molecule has 1 unspecified atom stereocenters. The number of nitrogens with zero attached hydrogens (tertiary/aromatic N) is 4. The third-order valence-corrected chi connectivity index (χ3v) is 3.32. The molecule has 0 radical (unpaired) electrons. The summed E-state index contributed by atoms with van der Waals surface area (Å²) >= 11 is 1.59. The Morgan fingerprint density at radius 3 is 2.94 bits per heavy atom. The van der Waals surface area contributed by atoms with Gasteiger partial charge in [0, 0.05) is 17.3 Å². The summed E-state index contributed by atoms with van der Waals surface area (Å²) in [5.41, 5.74) is 1.15. The van der Waals surface area contributed by atoms with Gasteiger partial charge in [-0.05, 0) is 19.4 Å². The van der Waals surface area contributed by atoms with Crippen molar-refractivity contribution in [3.63, 3.8) is 0 Å². The van der Waals surface area contributed by atoms with Crippen LogP contribution in [0.5, 0.6) is 0 Å². The van der Waals surface area contributed by atoms with Gasteiger partial charge >= 0.3 is 0 Å². The normalized spacial score (nSPS) is 11.8. The highest BCUT2D eigenvalue weighted by molar-refractivity contribution is 7.09. The molecule has 0 amide bonds. The zero-order chi connectivity index (χ0) is 13.0. The summed E-state index contributed by atoms with van der Waals surface area (Å²) < 4.78 is 0. The van der Waals surface area contributed by atoms with E-state index in [1.165, 1.54) is 0 Å². The minimum atomic E-state index is 0.0818. The predicted octanol–water partition coefficient (Wildman–Crippen LogP) is 2.68. The Labute approximate surface area is 110 Å². The Bertz CT molecular complexity index is 558. The number of aryl methyl sites for hydroxylation is 1. The molecule has 0 aliphatic rings. The van der Waals surface area contributed by atoms with Gasteiger partial charge in [0.05, 0.1) is 6.04 Å². The molecule has 18 heavy (non-hydrogen) atoms. The van der Waals surface area contributed by atoms with E-state index in [0.717, 1.165) is 17.1 Å². The lowest BCUT2D eigenvalue weighted by atomic mass is 10.2. The monoisotopic (exact) mass is 259 g/mol. The maximum atomic E-state index is 8.88. The molecule has 2 aromatic heterocycles. The molecule has 0 spiro atoms. The average Bonchev–Trinajstić information content (AvgIpc) is 2.89. The van der Waals surface area contributed by atoms with Crippen molar-refractivity contribution in [3.8, 4) is 6.07 Å². The van der Waals surface area contributed by atoms with Crippen LogP contribution in [-0.4, -0.2) is 15.0 Å². The van der Waals surface area contributed by atoms with Crippen LogP contribution in [0.1, 0.15) is 35.8 Å². The van der Waals surface area contributed by atoms with E-state index in [2.05, 4.69) is 27.2 Å². The Hall–Kier alpha value is -2.00. The molecule has 0 bridgehead atoms. The maximum Gasteiger partial charge on any atom is 0.224 e. The molecule has 0 fully saturated rings. The summed E-state index contributed by atoms with van der Waals surface area (Å²) in [4.78, 5) is 12.7. The largest absolute Gasteiger partial charge is 0.345 e. The van der Waals surface area contributed by atoms with Gasteiger partial charge in [-0.1, -0.05) is 6.92 Å². The van der Waals surface area contributed by atoms with E-state index in [-0.39, 0.29) is 6.04 Å². The van der Waals surface area contributed by atoms with Gasteiger partial charge in [0.2, 0.25) is 5.95 Å². The minimum Gasteiger partial charge on any atom is -0.345 e. The van der Waals surface area contributed by atoms with Crippen LogP contribution >= 0.6 is 11.3 Å². The molecule has 0 aliphatic heterocycles. The third-order valence-electron chi connectivity index (χ3n) is 2.43. The average molecular weight is 259 g/mol. The van der Waals surface area contributed by atoms with Crippen molar-refractivity contribution in [1.82, 2.24) is 15.0 Å². The lowest BCUT2D eigenvalue weighted by Crippen LogP contribution is -2.12. The van der Waals surface area contributed by atoms with Crippen LogP contribution in [0.15, 0.2) is 17.6 Å². The number of hydrogen-bond acceptors (Lipinski definition) is 6. The molecule has 0 saturated heterocycles. The first kappa shape index (κ1) is 12.5. The Kier molecular flexibility index (Phi) is 3.85. The van der Waals surface area contributed by atoms with Crippen LogP contribution in [0, 0.1) is 18.3 Å². The first-order valence-corrected chi connectivity index (χ1v) is 6.52. The fourth-order valence-corrected chi connectivity index (χ4v) is 2.36. The molecule has 2 heterocycles. The SMILES string of the molecule is CCC(Nc1nc(C)cc(C#N)n1)c1nccs1. The van der Waals surface area contributed by atoms with Gasteiger partial charge in [-0.15, -0.1) is 11.3 Å². The van der Waals surface area contributed by atoms with E-state index >= 15 is 0 Å². The Balaban J connectivity index is 2.22. The van der Waals surface area contributed by atoms with Gasteiger partial charge in [0.15, 0.2) is 0 Å². The van der Waals surface area contributed by atoms with E-state index < -0.39 is 0 Å². The molecule has 2 rings (SSSR count). The van der Waals surface area contributed by atoms with Crippen molar-refractivity contribution in [2.75, 3.05) is 5.32 Å². The van der Waals surface area contributed by atoms with E-state index in [1.807, 2.05) is 18.4 Å². The minimum absolute atomic E-state index is 0.0818. The Morgan fingerprint density at radius 1 is 1.50 bits per heavy atom. The van der Waals surface area contributed by atoms with E-state index in [9.17, 15) is 0 Å². The molecule has 2 aromatic rings. The van der Waals surface area contributed by atoms with Crippen molar-refractivity contribution in [1.29, 1.82) is 5.26 Å². The van der Waals surface area contributed by atoms with E-state index in [1.54, 1.807) is 23.6 Å². The van der Waals surface area contributed by atoms with Crippen molar-refractivity contribution < 1.29 is 0 Å². The Morgan fingerprint density at radius 2 is 2.33 bits per heavy atom.